The van der Waals surface area contributed by atoms with Gasteiger partial charge in [-0.1, -0.05) is 24.6 Å². The van der Waals surface area contributed by atoms with Crippen LogP contribution in [0.3, 0.4) is 0 Å². The van der Waals surface area contributed by atoms with Crippen LogP contribution in [0.1, 0.15) is 42.5 Å². The average Bonchev–Trinajstić information content (AvgIpc) is 2.41. The van der Waals surface area contributed by atoms with Crippen molar-refractivity contribution in [2.45, 2.75) is 50.3 Å². The van der Waals surface area contributed by atoms with E-state index in [1.54, 1.807) is 12.1 Å². The summed E-state index contributed by atoms with van der Waals surface area (Å²) >= 11 is 0. The number of hydrogen-bond acceptors (Lipinski definition) is 4. The number of carbonyl (C=O) groups is 1. The Morgan fingerprint density at radius 2 is 1.79 bits per heavy atom. The van der Waals surface area contributed by atoms with Gasteiger partial charge in [-0.05, 0) is 25.0 Å². The zero-order valence-electron chi connectivity index (χ0n) is 10.9. The van der Waals surface area contributed by atoms with Crippen molar-refractivity contribution < 1.29 is 14.7 Å². The zero-order chi connectivity index (χ0) is 13.2. The molecule has 1 aromatic rings. The fraction of sp³-hybridized carbons (Fsp3) is 0.533. The van der Waals surface area contributed by atoms with E-state index in [1.807, 2.05) is 18.2 Å². The first kappa shape index (κ1) is 12.6. The Balaban J connectivity index is 1.63. The number of nitrogens with zero attached hydrogens (tertiary/aromatic N) is 1. The minimum absolute atomic E-state index is 0.0635. The van der Waals surface area contributed by atoms with E-state index in [0.717, 1.165) is 32.1 Å². The summed E-state index contributed by atoms with van der Waals surface area (Å²) in [5.74, 6) is -0.255. The Labute approximate surface area is 112 Å². The van der Waals surface area contributed by atoms with Crippen LogP contribution in [-0.2, 0) is 4.74 Å². The van der Waals surface area contributed by atoms with Crippen molar-refractivity contribution in [3.05, 3.63) is 35.9 Å². The molecule has 2 atom stereocenters. The van der Waals surface area contributed by atoms with Crippen LogP contribution in [0, 0.1) is 0 Å². The molecule has 2 aliphatic heterocycles. The Bertz CT molecular complexity index is 434. The lowest BCUT2D eigenvalue weighted by molar-refractivity contribution is -0.210. The molecule has 0 radical (unpaired) electrons. The van der Waals surface area contributed by atoms with Gasteiger partial charge in [-0.2, -0.15) is 5.06 Å². The van der Waals surface area contributed by atoms with E-state index in [2.05, 4.69) is 0 Å². The Kier molecular flexibility index (Phi) is 3.53. The van der Waals surface area contributed by atoms with Crippen molar-refractivity contribution in [1.82, 2.24) is 5.06 Å². The number of hydrogen-bond donors (Lipinski definition) is 1. The van der Waals surface area contributed by atoms with E-state index >= 15 is 0 Å². The summed E-state index contributed by atoms with van der Waals surface area (Å²) in [6.07, 6.45) is 4.56. The van der Waals surface area contributed by atoms with Gasteiger partial charge in [0.15, 0.2) is 0 Å². The third-order valence-electron chi connectivity index (χ3n) is 4.18. The number of rotatable bonds is 2. The van der Waals surface area contributed by atoms with Gasteiger partial charge in [0.2, 0.25) is 0 Å². The molecule has 0 spiro atoms. The number of hydroxylamine groups is 2. The van der Waals surface area contributed by atoms with Crippen molar-refractivity contribution in [2.75, 3.05) is 0 Å². The van der Waals surface area contributed by atoms with Gasteiger partial charge in [-0.15, -0.1) is 0 Å². The van der Waals surface area contributed by atoms with Gasteiger partial charge in [0, 0.05) is 24.9 Å². The molecule has 2 fully saturated rings. The number of benzene rings is 1. The summed E-state index contributed by atoms with van der Waals surface area (Å²) < 4.78 is 5.59. The van der Waals surface area contributed by atoms with Crippen LogP contribution in [0.2, 0.25) is 0 Å². The Morgan fingerprint density at radius 3 is 2.42 bits per heavy atom. The SMILES string of the molecule is O=C(OC1CC2CCCC(C1)N2O)c1ccccc1. The summed E-state index contributed by atoms with van der Waals surface area (Å²) in [6, 6.07) is 9.39. The molecule has 0 amide bonds. The lowest BCUT2D eigenvalue weighted by atomic mass is 9.85. The van der Waals surface area contributed by atoms with Gasteiger partial charge in [0.25, 0.3) is 0 Å². The summed E-state index contributed by atoms with van der Waals surface area (Å²) in [6.45, 7) is 0. The van der Waals surface area contributed by atoms with Gasteiger partial charge in [-0.25, -0.2) is 4.79 Å². The van der Waals surface area contributed by atoms with E-state index in [9.17, 15) is 10.0 Å². The lowest BCUT2D eigenvalue weighted by Crippen LogP contribution is -2.52. The molecule has 1 aromatic carbocycles. The lowest BCUT2D eigenvalue weighted by Gasteiger charge is -2.44. The predicted molar refractivity (Wildman–Crippen MR) is 69.9 cm³/mol. The fourth-order valence-electron chi connectivity index (χ4n) is 3.20. The highest BCUT2D eigenvalue weighted by atomic mass is 16.5. The number of esters is 1. The van der Waals surface area contributed by atoms with E-state index in [1.165, 1.54) is 5.06 Å². The topological polar surface area (TPSA) is 49.8 Å². The second-order valence-electron chi connectivity index (χ2n) is 5.48. The molecule has 4 heteroatoms. The Hall–Kier alpha value is -1.39. The second kappa shape index (κ2) is 5.31. The van der Waals surface area contributed by atoms with E-state index in [0.29, 0.717) is 5.56 Å². The van der Waals surface area contributed by atoms with Crippen LogP contribution in [0.4, 0.5) is 0 Å². The number of piperidine rings is 2. The molecule has 3 rings (SSSR count). The number of ether oxygens (including phenoxy) is 1. The quantitative estimate of drug-likeness (QED) is 0.831. The van der Waals surface area contributed by atoms with Crippen LogP contribution < -0.4 is 0 Å². The van der Waals surface area contributed by atoms with E-state index < -0.39 is 0 Å². The third kappa shape index (κ3) is 2.65. The maximum atomic E-state index is 12.0. The summed E-state index contributed by atoms with van der Waals surface area (Å²) in [4.78, 5) is 12.0. The average molecular weight is 261 g/mol. The molecule has 2 bridgehead atoms. The van der Waals surface area contributed by atoms with Crippen LogP contribution in [0.15, 0.2) is 30.3 Å². The highest BCUT2D eigenvalue weighted by Gasteiger charge is 2.39. The van der Waals surface area contributed by atoms with Crippen molar-refractivity contribution >= 4 is 5.97 Å². The molecule has 1 N–H and O–H groups in total. The molecule has 102 valence electrons. The minimum atomic E-state index is -0.255. The first-order valence-corrected chi connectivity index (χ1v) is 6.97. The molecule has 19 heavy (non-hydrogen) atoms. The minimum Gasteiger partial charge on any atom is -0.459 e. The highest BCUT2D eigenvalue weighted by molar-refractivity contribution is 5.89. The van der Waals surface area contributed by atoms with Crippen LogP contribution in [-0.4, -0.2) is 34.4 Å². The summed E-state index contributed by atoms with van der Waals surface area (Å²) in [5, 5.41) is 11.4. The second-order valence-corrected chi connectivity index (χ2v) is 5.48. The molecular formula is C15H19NO3. The molecule has 0 aliphatic carbocycles. The first-order chi connectivity index (χ1) is 9.24. The first-order valence-electron chi connectivity index (χ1n) is 6.97. The van der Waals surface area contributed by atoms with Crippen LogP contribution in [0.25, 0.3) is 0 Å². The molecule has 0 aromatic heterocycles. The number of carbonyl (C=O) groups excluding carboxylic acids is 1. The van der Waals surface area contributed by atoms with Gasteiger partial charge in [-0.3, -0.25) is 0 Å². The monoisotopic (exact) mass is 261 g/mol. The van der Waals surface area contributed by atoms with Gasteiger partial charge >= 0.3 is 5.97 Å². The molecule has 2 aliphatic rings. The van der Waals surface area contributed by atoms with Crippen LogP contribution in [0.5, 0.6) is 0 Å². The molecule has 2 saturated heterocycles. The summed E-state index contributed by atoms with van der Waals surface area (Å²) in [5.41, 5.74) is 0.596. The molecule has 0 saturated carbocycles. The highest BCUT2D eigenvalue weighted by Crippen LogP contribution is 2.33. The fourth-order valence-corrected chi connectivity index (χ4v) is 3.20. The smallest absolute Gasteiger partial charge is 0.338 e. The van der Waals surface area contributed by atoms with Gasteiger partial charge < -0.3 is 9.94 Å². The van der Waals surface area contributed by atoms with Crippen LogP contribution >= 0.6 is 0 Å². The van der Waals surface area contributed by atoms with Crippen molar-refractivity contribution in [3.8, 4) is 0 Å². The molecular weight excluding hydrogens is 242 g/mol. The molecule has 2 heterocycles. The number of fused-ring (bicyclic) bond motifs is 2. The standard InChI is InChI=1S/C15H19NO3/c17-15(11-5-2-1-3-6-11)19-14-9-12-7-4-8-13(10-14)16(12)18/h1-3,5-6,12-14,18H,4,7-10H2. The Morgan fingerprint density at radius 1 is 1.16 bits per heavy atom. The zero-order valence-corrected chi connectivity index (χ0v) is 10.9. The molecule has 2 unspecified atom stereocenters. The third-order valence-corrected chi connectivity index (χ3v) is 4.18. The van der Waals surface area contributed by atoms with Gasteiger partial charge in [0.05, 0.1) is 5.56 Å². The molecule has 4 nitrogen and oxygen atoms in total. The largest absolute Gasteiger partial charge is 0.459 e. The van der Waals surface area contributed by atoms with Crippen molar-refractivity contribution in [3.63, 3.8) is 0 Å². The maximum absolute atomic E-state index is 12.0. The predicted octanol–water partition coefficient (Wildman–Crippen LogP) is 2.62. The maximum Gasteiger partial charge on any atom is 0.338 e. The normalized spacial score (nSPS) is 30.9. The van der Waals surface area contributed by atoms with Crippen molar-refractivity contribution in [1.29, 1.82) is 0 Å². The van der Waals surface area contributed by atoms with E-state index in [-0.39, 0.29) is 24.2 Å². The van der Waals surface area contributed by atoms with Gasteiger partial charge in [0.1, 0.15) is 6.10 Å². The van der Waals surface area contributed by atoms with E-state index in [4.69, 9.17) is 4.74 Å². The van der Waals surface area contributed by atoms with Crippen molar-refractivity contribution in [2.24, 2.45) is 0 Å². The summed E-state index contributed by atoms with van der Waals surface area (Å²) in [7, 11) is 0.